The number of rotatable bonds is 4. The van der Waals surface area contributed by atoms with Crippen LogP contribution in [-0.4, -0.2) is 23.3 Å². The monoisotopic (exact) mass is 486 g/mol. The van der Waals surface area contributed by atoms with Crippen LogP contribution in [0.25, 0.3) is 22.1 Å². The standard InChI is InChI=1S/C32H26N2O3/c1-21-12-14-23(15-13-21)31(35)33-26-9-4-8-24(18-26)30-19-25-20-34(17-16-29(25)37-30)32(36)28-11-5-7-22-6-2-3-10-27(22)28/h2-15,18-19H,16-17,20H2,1H3,(H,33,35). The van der Waals surface area contributed by atoms with E-state index in [-0.39, 0.29) is 11.8 Å². The number of benzene rings is 4. The normalized spacial score (nSPS) is 12.8. The molecule has 1 aromatic heterocycles. The lowest BCUT2D eigenvalue weighted by Crippen LogP contribution is -2.35. The molecule has 0 atom stereocenters. The smallest absolute Gasteiger partial charge is 0.255 e. The van der Waals surface area contributed by atoms with Gasteiger partial charge in [0.05, 0.1) is 0 Å². The van der Waals surface area contributed by atoms with Crippen LogP contribution in [0, 0.1) is 6.92 Å². The molecular formula is C32H26N2O3. The Morgan fingerprint density at radius 3 is 2.51 bits per heavy atom. The molecule has 0 unspecified atom stereocenters. The van der Waals surface area contributed by atoms with E-state index in [4.69, 9.17) is 4.42 Å². The third-order valence-corrected chi connectivity index (χ3v) is 6.89. The largest absolute Gasteiger partial charge is 0.461 e. The van der Waals surface area contributed by atoms with Crippen molar-refractivity contribution >= 4 is 28.3 Å². The lowest BCUT2D eigenvalue weighted by molar-refractivity contribution is 0.0732. The molecule has 5 aromatic rings. The molecule has 0 aliphatic carbocycles. The highest BCUT2D eigenvalue weighted by Crippen LogP contribution is 2.32. The zero-order valence-electron chi connectivity index (χ0n) is 20.5. The number of fused-ring (bicyclic) bond motifs is 2. The lowest BCUT2D eigenvalue weighted by atomic mass is 10.0. The minimum atomic E-state index is -0.154. The predicted molar refractivity (Wildman–Crippen MR) is 146 cm³/mol. The van der Waals surface area contributed by atoms with Crippen LogP contribution < -0.4 is 5.32 Å². The number of furan rings is 1. The van der Waals surface area contributed by atoms with Crippen LogP contribution in [0.2, 0.25) is 0 Å². The van der Waals surface area contributed by atoms with Gasteiger partial charge < -0.3 is 14.6 Å². The van der Waals surface area contributed by atoms with Crippen molar-refractivity contribution < 1.29 is 14.0 Å². The minimum absolute atomic E-state index is 0.0333. The number of hydrogen-bond acceptors (Lipinski definition) is 3. The zero-order valence-corrected chi connectivity index (χ0v) is 20.5. The second-order valence-corrected chi connectivity index (χ2v) is 9.46. The summed E-state index contributed by atoms with van der Waals surface area (Å²) in [5, 5.41) is 5.00. The first kappa shape index (κ1) is 22.8. The molecule has 5 nitrogen and oxygen atoms in total. The van der Waals surface area contributed by atoms with Gasteiger partial charge in [0.15, 0.2) is 0 Å². The Kier molecular flexibility index (Phi) is 5.81. The number of nitrogens with zero attached hydrogens (tertiary/aromatic N) is 1. The van der Waals surface area contributed by atoms with Crippen LogP contribution in [0.3, 0.4) is 0 Å². The number of amides is 2. The zero-order chi connectivity index (χ0) is 25.4. The van der Waals surface area contributed by atoms with Crippen molar-refractivity contribution in [1.29, 1.82) is 0 Å². The summed E-state index contributed by atoms with van der Waals surface area (Å²) < 4.78 is 6.20. The van der Waals surface area contributed by atoms with Crippen LogP contribution in [0.1, 0.15) is 37.6 Å². The molecule has 0 bridgehead atoms. The molecule has 1 N–H and O–H groups in total. The van der Waals surface area contributed by atoms with Crippen LogP contribution in [-0.2, 0) is 13.0 Å². The van der Waals surface area contributed by atoms with Gasteiger partial charge in [-0.3, -0.25) is 9.59 Å². The van der Waals surface area contributed by atoms with E-state index in [0.29, 0.717) is 30.8 Å². The fourth-order valence-corrected chi connectivity index (χ4v) is 4.89. The van der Waals surface area contributed by atoms with Crippen molar-refractivity contribution in [3.05, 3.63) is 125 Å². The summed E-state index contributed by atoms with van der Waals surface area (Å²) in [6, 6.07) is 31.0. The third-order valence-electron chi connectivity index (χ3n) is 6.89. The molecule has 1 aliphatic rings. The molecule has 4 aromatic carbocycles. The van der Waals surface area contributed by atoms with E-state index in [1.54, 1.807) is 0 Å². The van der Waals surface area contributed by atoms with E-state index in [2.05, 4.69) is 5.32 Å². The molecule has 2 heterocycles. The quantitative estimate of drug-likeness (QED) is 0.302. The summed E-state index contributed by atoms with van der Waals surface area (Å²) in [5.41, 5.74) is 5.04. The predicted octanol–water partition coefficient (Wildman–Crippen LogP) is 6.86. The number of anilines is 1. The first-order chi connectivity index (χ1) is 18.0. The molecule has 1 aliphatic heterocycles. The van der Waals surface area contributed by atoms with Gasteiger partial charge in [-0.2, -0.15) is 0 Å². The lowest BCUT2D eigenvalue weighted by Gasteiger charge is -2.26. The summed E-state index contributed by atoms with van der Waals surface area (Å²) in [6.07, 6.45) is 0.662. The van der Waals surface area contributed by atoms with Crippen molar-refractivity contribution in [1.82, 2.24) is 4.90 Å². The third kappa shape index (κ3) is 4.52. The molecule has 37 heavy (non-hydrogen) atoms. The van der Waals surface area contributed by atoms with Crippen molar-refractivity contribution in [2.45, 2.75) is 19.9 Å². The molecule has 0 saturated heterocycles. The summed E-state index contributed by atoms with van der Waals surface area (Å²) >= 11 is 0. The Bertz CT molecular complexity index is 1630. The Hall–Kier alpha value is -4.64. The van der Waals surface area contributed by atoms with Gasteiger partial charge in [0.25, 0.3) is 11.8 Å². The highest BCUT2D eigenvalue weighted by atomic mass is 16.3. The fraction of sp³-hybridized carbons (Fsp3) is 0.125. The van der Waals surface area contributed by atoms with Crippen molar-refractivity contribution in [3.8, 4) is 11.3 Å². The Morgan fingerprint density at radius 1 is 0.865 bits per heavy atom. The van der Waals surface area contributed by atoms with Crippen molar-refractivity contribution in [2.75, 3.05) is 11.9 Å². The number of hydrogen-bond donors (Lipinski definition) is 1. The van der Waals surface area contributed by atoms with E-state index in [0.717, 1.165) is 44.5 Å². The van der Waals surface area contributed by atoms with Crippen LogP contribution in [0.15, 0.2) is 101 Å². The minimum Gasteiger partial charge on any atom is -0.461 e. The van der Waals surface area contributed by atoms with Gasteiger partial charge >= 0.3 is 0 Å². The first-order valence-electron chi connectivity index (χ1n) is 12.4. The Balaban J connectivity index is 1.21. The van der Waals surface area contributed by atoms with E-state index in [9.17, 15) is 9.59 Å². The van der Waals surface area contributed by atoms with Crippen molar-refractivity contribution in [2.24, 2.45) is 0 Å². The number of carbonyl (C=O) groups excluding carboxylic acids is 2. The van der Waals surface area contributed by atoms with Gasteiger partial charge in [0, 0.05) is 47.5 Å². The molecule has 0 spiro atoms. The van der Waals surface area contributed by atoms with Gasteiger partial charge in [-0.15, -0.1) is 0 Å². The molecule has 6 rings (SSSR count). The van der Waals surface area contributed by atoms with E-state index >= 15 is 0 Å². The van der Waals surface area contributed by atoms with Gasteiger partial charge in [0.2, 0.25) is 0 Å². The second-order valence-electron chi connectivity index (χ2n) is 9.46. The number of carbonyl (C=O) groups is 2. The highest BCUT2D eigenvalue weighted by Gasteiger charge is 2.26. The summed E-state index contributed by atoms with van der Waals surface area (Å²) in [4.78, 5) is 28.0. The summed E-state index contributed by atoms with van der Waals surface area (Å²) in [5.74, 6) is 1.52. The second kappa shape index (κ2) is 9.43. The van der Waals surface area contributed by atoms with Crippen LogP contribution in [0.5, 0.6) is 0 Å². The van der Waals surface area contributed by atoms with Gasteiger partial charge in [-0.05, 0) is 54.1 Å². The first-order valence-corrected chi connectivity index (χ1v) is 12.4. The average Bonchev–Trinajstić information content (AvgIpc) is 3.36. The molecular weight excluding hydrogens is 460 g/mol. The SMILES string of the molecule is Cc1ccc(C(=O)Nc2cccc(-c3cc4c(o3)CCN(C(=O)c3cccc5ccccc35)C4)c2)cc1. The fourth-order valence-electron chi connectivity index (χ4n) is 4.89. The van der Waals surface area contributed by atoms with Gasteiger partial charge in [-0.25, -0.2) is 0 Å². The Morgan fingerprint density at radius 2 is 1.65 bits per heavy atom. The Labute approximate surface area is 215 Å². The topological polar surface area (TPSA) is 62.6 Å². The molecule has 2 amide bonds. The van der Waals surface area contributed by atoms with E-state index < -0.39 is 0 Å². The number of aryl methyl sites for hydroxylation is 1. The molecule has 0 saturated carbocycles. The maximum absolute atomic E-state index is 13.4. The van der Waals surface area contributed by atoms with Gasteiger partial charge in [-0.1, -0.05) is 66.2 Å². The van der Waals surface area contributed by atoms with Crippen molar-refractivity contribution in [3.63, 3.8) is 0 Å². The summed E-state index contributed by atoms with van der Waals surface area (Å²) in [7, 11) is 0. The summed E-state index contributed by atoms with van der Waals surface area (Å²) in [6.45, 7) is 3.10. The average molecular weight is 487 g/mol. The highest BCUT2D eigenvalue weighted by molar-refractivity contribution is 6.07. The van der Waals surface area contributed by atoms with E-state index in [1.165, 1.54) is 0 Å². The van der Waals surface area contributed by atoms with E-state index in [1.807, 2.05) is 109 Å². The molecule has 182 valence electrons. The molecule has 5 heteroatoms. The van der Waals surface area contributed by atoms with Gasteiger partial charge in [0.1, 0.15) is 11.5 Å². The van der Waals surface area contributed by atoms with Crippen LogP contribution >= 0.6 is 0 Å². The maximum Gasteiger partial charge on any atom is 0.255 e. The molecule has 0 radical (unpaired) electrons. The molecule has 0 fully saturated rings. The number of nitrogens with one attached hydrogen (secondary N) is 1. The van der Waals surface area contributed by atoms with Crippen LogP contribution in [0.4, 0.5) is 5.69 Å². The maximum atomic E-state index is 13.4.